The third-order valence-corrected chi connectivity index (χ3v) is 10.2. The summed E-state index contributed by atoms with van der Waals surface area (Å²) in [4.78, 5) is 10.9. The molecule has 4 nitrogen and oxygen atoms in total. The quantitative estimate of drug-likeness (QED) is 0.642. The first-order valence-corrected chi connectivity index (χ1v) is 11.7. The van der Waals surface area contributed by atoms with Crippen molar-refractivity contribution in [3.63, 3.8) is 0 Å². The average Bonchev–Trinajstić information content (AvgIpc) is 2.98. The molecule has 4 fully saturated rings. The second kappa shape index (κ2) is 8.73. The van der Waals surface area contributed by atoms with Gasteiger partial charge in [0.15, 0.2) is 0 Å². The van der Waals surface area contributed by atoms with E-state index in [1.807, 2.05) is 0 Å². The van der Waals surface area contributed by atoms with Gasteiger partial charge in [-0.3, -0.25) is 0 Å². The van der Waals surface area contributed by atoms with Crippen LogP contribution in [0.3, 0.4) is 0 Å². The standard InChI is InChI=1S/C24H40O4.Na/c1-14(4-7-21(27)28)17-5-6-18-22-19(9-11-24(17,18)3)23(2)10-8-16(25)12-15(23)13-20(22)26;/h14-20,22,25-26H,4-13H2,1-3H3,(H,27,28);/q;+1/p-1/t14?,15?,16-,17?,18?,19?,20?,22?,23?,24?;/m1./s1. The Bertz CT molecular complexity index is 612. The normalized spacial score (nSPS) is 49.9. The molecule has 4 aliphatic carbocycles. The van der Waals surface area contributed by atoms with Crippen LogP contribution in [0.1, 0.15) is 85.0 Å². The first-order chi connectivity index (χ1) is 13.2. The van der Waals surface area contributed by atoms with E-state index in [4.69, 9.17) is 0 Å². The number of aliphatic hydroxyl groups is 2. The minimum absolute atomic E-state index is 0. The molecule has 0 bridgehead atoms. The maximum Gasteiger partial charge on any atom is 1.00 e. The number of rotatable bonds is 4. The van der Waals surface area contributed by atoms with E-state index in [0.29, 0.717) is 41.9 Å². The fourth-order valence-electron chi connectivity index (χ4n) is 8.72. The van der Waals surface area contributed by atoms with Crippen molar-refractivity contribution in [3.8, 4) is 0 Å². The molecule has 2 N–H and O–H groups in total. The summed E-state index contributed by atoms with van der Waals surface area (Å²) < 4.78 is 0. The van der Waals surface area contributed by atoms with Gasteiger partial charge in [0.25, 0.3) is 0 Å². The van der Waals surface area contributed by atoms with Gasteiger partial charge >= 0.3 is 29.6 Å². The molecule has 0 amide bonds. The molecule has 160 valence electrons. The van der Waals surface area contributed by atoms with Crippen LogP contribution in [0.25, 0.3) is 0 Å². The summed E-state index contributed by atoms with van der Waals surface area (Å²) in [7, 11) is 0. The Balaban J connectivity index is 0.00000240. The van der Waals surface area contributed by atoms with Crippen LogP contribution in [-0.2, 0) is 4.79 Å². The maximum atomic E-state index is 11.2. The van der Waals surface area contributed by atoms with Crippen LogP contribution >= 0.6 is 0 Å². The van der Waals surface area contributed by atoms with Gasteiger partial charge in [-0.15, -0.1) is 0 Å². The molecule has 4 saturated carbocycles. The number of aliphatic carboxylic acids is 1. The molecule has 29 heavy (non-hydrogen) atoms. The predicted molar refractivity (Wildman–Crippen MR) is 106 cm³/mol. The van der Waals surface area contributed by atoms with Crippen molar-refractivity contribution in [3.05, 3.63) is 0 Å². The van der Waals surface area contributed by atoms with Crippen molar-refractivity contribution >= 4 is 5.97 Å². The topological polar surface area (TPSA) is 80.6 Å². The first-order valence-electron chi connectivity index (χ1n) is 11.7. The number of carboxylic acid groups (broad SMARTS) is 1. The monoisotopic (exact) mass is 414 g/mol. The summed E-state index contributed by atoms with van der Waals surface area (Å²) in [5, 5.41) is 32.4. The number of hydrogen-bond acceptors (Lipinski definition) is 4. The smallest absolute Gasteiger partial charge is 0.550 e. The molecule has 0 saturated heterocycles. The summed E-state index contributed by atoms with van der Waals surface area (Å²) in [6.07, 6.45) is 8.91. The summed E-state index contributed by atoms with van der Waals surface area (Å²) >= 11 is 0. The van der Waals surface area contributed by atoms with Gasteiger partial charge in [-0.25, -0.2) is 0 Å². The minimum atomic E-state index is -0.934. The van der Waals surface area contributed by atoms with Gasteiger partial charge in [-0.05, 0) is 111 Å². The Labute approximate surface area is 198 Å². The largest absolute Gasteiger partial charge is 1.00 e. The van der Waals surface area contributed by atoms with Crippen LogP contribution < -0.4 is 34.7 Å². The van der Waals surface area contributed by atoms with Crippen molar-refractivity contribution in [2.45, 2.75) is 97.2 Å². The second-order valence-corrected chi connectivity index (χ2v) is 11.3. The van der Waals surface area contributed by atoms with Crippen molar-refractivity contribution in [1.82, 2.24) is 0 Å². The molecular weight excluding hydrogens is 375 g/mol. The molecule has 0 aromatic rings. The van der Waals surface area contributed by atoms with Gasteiger partial charge in [-0.2, -0.15) is 0 Å². The van der Waals surface area contributed by atoms with Gasteiger partial charge < -0.3 is 20.1 Å². The van der Waals surface area contributed by atoms with Crippen LogP contribution in [0.15, 0.2) is 0 Å². The van der Waals surface area contributed by atoms with Crippen LogP contribution in [0.4, 0.5) is 0 Å². The average molecular weight is 415 g/mol. The summed E-state index contributed by atoms with van der Waals surface area (Å²) in [5.41, 5.74) is 0.494. The van der Waals surface area contributed by atoms with Crippen molar-refractivity contribution in [2.24, 2.45) is 46.3 Å². The molecule has 0 heterocycles. The molecule has 4 aliphatic rings. The van der Waals surface area contributed by atoms with Crippen LogP contribution in [0.2, 0.25) is 0 Å². The molecule has 10 atom stereocenters. The Kier molecular flexibility index (Phi) is 7.24. The molecule has 9 unspecified atom stereocenters. The van der Waals surface area contributed by atoms with E-state index in [0.717, 1.165) is 25.7 Å². The van der Waals surface area contributed by atoms with Gasteiger partial charge in [0, 0.05) is 5.97 Å². The van der Waals surface area contributed by atoms with Gasteiger partial charge in [-0.1, -0.05) is 20.8 Å². The molecule has 4 rings (SSSR count). The Hall–Kier alpha value is 0.390. The van der Waals surface area contributed by atoms with Gasteiger partial charge in [0.1, 0.15) is 0 Å². The Morgan fingerprint density at radius 1 is 1.03 bits per heavy atom. The minimum Gasteiger partial charge on any atom is -0.550 e. The molecule has 0 aliphatic heterocycles. The van der Waals surface area contributed by atoms with E-state index in [9.17, 15) is 20.1 Å². The fourth-order valence-corrected chi connectivity index (χ4v) is 8.72. The zero-order valence-corrected chi connectivity index (χ0v) is 20.9. The Morgan fingerprint density at radius 2 is 1.69 bits per heavy atom. The maximum absolute atomic E-state index is 11.2. The fraction of sp³-hybridized carbons (Fsp3) is 0.958. The number of hydrogen-bond donors (Lipinski definition) is 2. The molecule has 0 spiro atoms. The third-order valence-electron chi connectivity index (χ3n) is 10.2. The zero-order chi connectivity index (χ0) is 20.3. The summed E-state index contributed by atoms with van der Waals surface area (Å²) in [5.74, 6) is 1.99. The van der Waals surface area contributed by atoms with Crippen LogP contribution in [0, 0.1) is 46.3 Å². The number of aliphatic hydroxyl groups excluding tert-OH is 2. The van der Waals surface area contributed by atoms with E-state index >= 15 is 0 Å². The molecule has 5 heteroatoms. The van der Waals surface area contributed by atoms with E-state index in [1.54, 1.807) is 0 Å². The third kappa shape index (κ3) is 3.99. The SMILES string of the molecule is CC(CCC(=O)[O-])C1CCC2C3C(O)CC4C[C@H](O)CCC4(C)C3CCC12C.[Na+]. The van der Waals surface area contributed by atoms with E-state index in [-0.39, 0.29) is 59.0 Å². The van der Waals surface area contributed by atoms with Crippen molar-refractivity contribution in [2.75, 3.05) is 0 Å². The number of carbonyl (C=O) groups is 1. The number of carboxylic acids is 1. The van der Waals surface area contributed by atoms with Crippen molar-refractivity contribution in [1.29, 1.82) is 0 Å². The summed E-state index contributed by atoms with van der Waals surface area (Å²) in [6.45, 7) is 7.11. The van der Waals surface area contributed by atoms with Crippen LogP contribution in [0.5, 0.6) is 0 Å². The number of carbonyl (C=O) groups excluding carboxylic acids is 1. The number of fused-ring (bicyclic) bond motifs is 5. The van der Waals surface area contributed by atoms with Crippen LogP contribution in [-0.4, -0.2) is 28.4 Å². The van der Waals surface area contributed by atoms with Gasteiger partial charge in [0.2, 0.25) is 0 Å². The summed E-state index contributed by atoms with van der Waals surface area (Å²) in [6, 6.07) is 0. The molecule has 0 aromatic heterocycles. The van der Waals surface area contributed by atoms with E-state index in [1.165, 1.54) is 25.7 Å². The van der Waals surface area contributed by atoms with Crippen molar-refractivity contribution < 1.29 is 49.7 Å². The predicted octanol–water partition coefficient (Wildman–Crippen LogP) is 0.147. The molecular formula is C24H39NaO4. The molecule has 0 radical (unpaired) electrons. The van der Waals surface area contributed by atoms with E-state index < -0.39 is 5.97 Å². The van der Waals surface area contributed by atoms with Gasteiger partial charge in [0.05, 0.1) is 12.2 Å². The Morgan fingerprint density at radius 3 is 2.38 bits per heavy atom. The van der Waals surface area contributed by atoms with E-state index in [2.05, 4.69) is 20.8 Å². The zero-order valence-electron chi connectivity index (χ0n) is 18.9. The second-order valence-electron chi connectivity index (χ2n) is 11.3. The first kappa shape index (κ1) is 24.0. The molecule has 0 aromatic carbocycles.